The number of ether oxygens (including phenoxy) is 1. The van der Waals surface area contributed by atoms with Gasteiger partial charge in [0, 0.05) is 6.42 Å². The van der Waals surface area contributed by atoms with E-state index in [1.807, 2.05) is 6.92 Å². The van der Waals surface area contributed by atoms with E-state index in [4.69, 9.17) is 10.5 Å². The first kappa shape index (κ1) is 15.2. The molecule has 0 aromatic rings. The van der Waals surface area contributed by atoms with Crippen LogP contribution in [0.25, 0.3) is 0 Å². The Labute approximate surface area is 115 Å². The minimum atomic E-state index is -1.70. The van der Waals surface area contributed by atoms with E-state index in [1.54, 1.807) is 0 Å². The van der Waals surface area contributed by atoms with Gasteiger partial charge in [-0.3, -0.25) is 0 Å². The zero-order chi connectivity index (χ0) is 13.9. The first-order valence-electron chi connectivity index (χ1n) is 7.72. The first-order valence-corrected chi connectivity index (χ1v) is 7.72. The number of rotatable bonds is 2. The predicted octanol–water partition coefficient (Wildman–Crippen LogP) is 2.55. The summed E-state index contributed by atoms with van der Waals surface area (Å²) >= 11 is 0. The quantitative estimate of drug-likeness (QED) is 0.813. The van der Waals surface area contributed by atoms with Gasteiger partial charge in [-0.2, -0.15) is 0 Å². The molecule has 2 aliphatic rings. The molecule has 0 aromatic heterocycles. The molecule has 1 aliphatic carbocycles. The van der Waals surface area contributed by atoms with Crippen molar-refractivity contribution < 1.29 is 14.2 Å². The molecule has 0 radical (unpaired) electrons. The van der Waals surface area contributed by atoms with Crippen molar-refractivity contribution in [3.63, 3.8) is 0 Å². The topological polar surface area (TPSA) is 55.5 Å². The van der Waals surface area contributed by atoms with Crippen LogP contribution in [0.1, 0.15) is 58.3 Å². The van der Waals surface area contributed by atoms with Crippen LogP contribution in [0.5, 0.6) is 0 Å². The maximum absolute atomic E-state index is 15.2. The number of hydrogen-bond acceptors (Lipinski definition) is 3. The molecule has 19 heavy (non-hydrogen) atoms. The second-order valence-electron chi connectivity index (χ2n) is 6.53. The molecule has 0 bridgehead atoms. The fourth-order valence-corrected chi connectivity index (χ4v) is 3.78. The molecule has 0 aromatic carbocycles. The summed E-state index contributed by atoms with van der Waals surface area (Å²) in [4.78, 5) is 0. The van der Waals surface area contributed by atoms with Crippen LogP contribution in [0.4, 0.5) is 4.39 Å². The molecule has 2 rings (SSSR count). The summed E-state index contributed by atoms with van der Waals surface area (Å²) in [5.41, 5.74) is 3.72. The Morgan fingerprint density at radius 2 is 1.79 bits per heavy atom. The van der Waals surface area contributed by atoms with Crippen molar-refractivity contribution in [2.24, 2.45) is 11.7 Å². The molecular formula is C15H28FNO2. The molecule has 1 saturated heterocycles. The third kappa shape index (κ3) is 2.96. The monoisotopic (exact) mass is 273 g/mol. The summed E-state index contributed by atoms with van der Waals surface area (Å²) in [7, 11) is 0. The number of alkyl halides is 1. The third-order valence-corrected chi connectivity index (χ3v) is 5.14. The van der Waals surface area contributed by atoms with Crippen LogP contribution in [0.2, 0.25) is 0 Å². The SMILES string of the molecule is C[C@H]1C[C@@](F)(CO)[C@](N)(C2CCCCCCC2)CO1. The highest BCUT2D eigenvalue weighted by Gasteiger charge is 2.56. The number of aliphatic hydroxyl groups is 1. The van der Waals surface area contributed by atoms with Crippen LogP contribution >= 0.6 is 0 Å². The van der Waals surface area contributed by atoms with Crippen molar-refractivity contribution in [2.45, 2.75) is 75.6 Å². The van der Waals surface area contributed by atoms with E-state index >= 15 is 4.39 Å². The van der Waals surface area contributed by atoms with Crippen LogP contribution in [0.15, 0.2) is 0 Å². The van der Waals surface area contributed by atoms with E-state index < -0.39 is 17.8 Å². The van der Waals surface area contributed by atoms with Gasteiger partial charge in [-0.25, -0.2) is 4.39 Å². The van der Waals surface area contributed by atoms with Crippen molar-refractivity contribution in [2.75, 3.05) is 13.2 Å². The molecule has 112 valence electrons. The van der Waals surface area contributed by atoms with Gasteiger partial charge in [-0.15, -0.1) is 0 Å². The summed E-state index contributed by atoms with van der Waals surface area (Å²) in [6, 6.07) is 0. The Morgan fingerprint density at radius 1 is 1.21 bits per heavy atom. The molecule has 0 amide bonds. The molecule has 3 atom stereocenters. The molecule has 1 saturated carbocycles. The first-order chi connectivity index (χ1) is 9.02. The lowest BCUT2D eigenvalue weighted by Gasteiger charge is -2.51. The van der Waals surface area contributed by atoms with Crippen molar-refractivity contribution in [1.29, 1.82) is 0 Å². The third-order valence-electron chi connectivity index (χ3n) is 5.14. The van der Waals surface area contributed by atoms with Crippen molar-refractivity contribution >= 4 is 0 Å². The summed E-state index contributed by atoms with van der Waals surface area (Å²) in [6.45, 7) is 1.59. The van der Waals surface area contributed by atoms with Crippen LogP contribution in [0, 0.1) is 5.92 Å². The van der Waals surface area contributed by atoms with Crippen molar-refractivity contribution in [3.05, 3.63) is 0 Å². The van der Waals surface area contributed by atoms with Crippen molar-refractivity contribution in [3.8, 4) is 0 Å². The van der Waals surface area contributed by atoms with Gasteiger partial charge in [-0.05, 0) is 25.7 Å². The largest absolute Gasteiger partial charge is 0.393 e. The van der Waals surface area contributed by atoms with Gasteiger partial charge in [0.05, 0.1) is 24.9 Å². The summed E-state index contributed by atoms with van der Waals surface area (Å²) in [5.74, 6) is 0.123. The number of aliphatic hydroxyl groups excluding tert-OH is 1. The van der Waals surface area contributed by atoms with Crippen molar-refractivity contribution in [1.82, 2.24) is 0 Å². The summed E-state index contributed by atoms with van der Waals surface area (Å²) < 4.78 is 20.8. The zero-order valence-electron chi connectivity index (χ0n) is 12.0. The van der Waals surface area contributed by atoms with Crippen LogP contribution in [-0.2, 0) is 4.74 Å². The second-order valence-corrected chi connectivity index (χ2v) is 6.53. The molecule has 3 nitrogen and oxygen atoms in total. The Balaban J connectivity index is 2.17. The molecule has 3 N–H and O–H groups in total. The van der Waals surface area contributed by atoms with Gasteiger partial charge >= 0.3 is 0 Å². The van der Waals surface area contributed by atoms with E-state index in [-0.39, 0.29) is 25.0 Å². The fourth-order valence-electron chi connectivity index (χ4n) is 3.78. The van der Waals surface area contributed by atoms with Crippen LogP contribution in [0.3, 0.4) is 0 Å². The molecule has 4 heteroatoms. The number of halogens is 1. The van der Waals surface area contributed by atoms with Crippen LogP contribution in [-0.4, -0.2) is 35.6 Å². The maximum Gasteiger partial charge on any atom is 0.156 e. The van der Waals surface area contributed by atoms with E-state index in [2.05, 4.69) is 0 Å². The Morgan fingerprint density at radius 3 is 2.37 bits per heavy atom. The molecular weight excluding hydrogens is 245 g/mol. The summed E-state index contributed by atoms with van der Waals surface area (Å²) in [6.07, 6.45) is 7.88. The molecule has 1 heterocycles. The Kier molecular flexibility index (Phi) is 4.85. The minimum Gasteiger partial charge on any atom is -0.393 e. The van der Waals surface area contributed by atoms with Gasteiger partial charge in [0.15, 0.2) is 5.67 Å². The fraction of sp³-hybridized carbons (Fsp3) is 1.00. The standard InChI is InChI=1S/C15H28FNO2/c1-12-9-14(16,10-18)15(17,11-19-12)13-7-5-3-2-4-6-8-13/h12-13,18H,2-11,17H2,1H3/t12-,14+,15+/m0/s1. The van der Waals surface area contributed by atoms with Gasteiger partial charge in [0.25, 0.3) is 0 Å². The average molecular weight is 273 g/mol. The predicted molar refractivity (Wildman–Crippen MR) is 73.7 cm³/mol. The van der Waals surface area contributed by atoms with Gasteiger partial charge in [0.1, 0.15) is 0 Å². The lowest BCUT2D eigenvalue weighted by atomic mass is 9.66. The number of hydrogen-bond donors (Lipinski definition) is 2. The van der Waals surface area contributed by atoms with E-state index in [1.165, 1.54) is 19.3 Å². The average Bonchev–Trinajstić information content (AvgIpc) is 2.34. The lowest BCUT2D eigenvalue weighted by molar-refractivity contribution is -0.152. The summed E-state index contributed by atoms with van der Waals surface area (Å²) in [5, 5.41) is 9.55. The number of nitrogens with two attached hydrogens (primary N) is 1. The molecule has 2 fully saturated rings. The highest BCUT2D eigenvalue weighted by molar-refractivity contribution is 5.10. The molecule has 0 spiro atoms. The second kappa shape index (κ2) is 6.06. The van der Waals surface area contributed by atoms with Crippen LogP contribution < -0.4 is 5.73 Å². The normalized spacial score (nSPS) is 42.6. The van der Waals surface area contributed by atoms with E-state index in [9.17, 15) is 5.11 Å². The van der Waals surface area contributed by atoms with E-state index in [0.29, 0.717) is 0 Å². The molecule has 1 aliphatic heterocycles. The van der Waals surface area contributed by atoms with Gasteiger partial charge < -0.3 is 15.6 Å². The minimum absolute atomic E-state index is 0.123. The highest BCUT2D eigenvalue weighted by Crippen LogP contribution is 2.43. The zero-order valence-corrected chi connectivity index (χ0v) is 12.0. The Bertz CT molecular complexity index is 294. The maximum atomic E-state index is 15.2. The lowest BCUT2D eigenvalue weighted by Crippen LogP contribution is -2.70. The molecule has 0 unspecified atom stereocenters. The highest BCUT2D eigenvalue weighted by atomic mass is 19.1. The Hall–Kier alpha value is -0.190. The van der Waals surface area contributed by atoms with Gasteiger partial charge in [0.2, 0.25) is 0 Å². The van der Waals surface area contributed by atoms with Gasteiger partial charge in [-0.1, -0.05) is 32.1 Å². The van der Waals surface area contributed by atoms with E-state index in [0.717, 1.165) is 25.7 Å². The smallest absolute Gasteiger partial charge is 0.156 e.